The van der Waals surface area contributed by atoms with Crippen LogP contribution in [0.5, 0.6) is 0 Å². The minimum Gasteiger partial charge on any atom is -0.344 e. The van der Waals surface area contributed by atoms with Gasteiger partial charge in [-0.1, -0.05) is 27.7 Å². The minimum atomic E-state index is -0.402. The highest BCUT2D eigenvalue weighted by Gasteiger charge is 2.37. The predicted molar refractivity (Wildman–Crippen MR) is 80.2 cm³/mol. The summed E-state index contributed by atoms with van der Waals surface area (Å²) in [6.07, 6.45) is 1.41. The number of carbonyl (C=O) groups excluding carboxylic acids is 2. The van der Waals surface area contributed by atoms with Crippen molar-refractivity contribution in [1.82, 2.24) is 10.2 Å². The Morgan fingerprint density at radius 3 is 2.63 bits per heavy atom. The van der Waals surface area contributed by atoms with E-state index in [9.17, 15) is 9.59 Å². The summed E-state index contributed by atoms with van der Waals surface area (Å²) in [6.45, 7) is 9.42. The Morgan fingerprint density at radius 2 is 2.05 bits per heavy atom. The number of nitrogens with zero attached hydrogens (tertiary/aromatic N) is 1. The summed E-state index contributed by atoms with van der Waals surface area (Å²) >= 11 is 1.89. The molecule has 0 aromatic rings. The van der Waals surface area contributed by atoms with Crippen molar-refractivity contribution < 1.29 is 9.59 Å². The van der Waals surface area contributed by atoms with E-state index in [1.807, 2.05) is 37.4 Å². The second-order valence-electron chi connectivity index (χ2n) is 5.99. The summed E-state index contributed by atoms with van der Waals surface area (Å²) in [5.74, 6) is 2.24. The Labute approximate surface area is 120 Å². The summed E-state index contributed by atoms with van der Waals surface area (Å²) in [7, 11) is 0. The maximum absolute atomic E-state index is 12.5. The van der Waals surface area contributed by atoms with Crippen LogP contribution in [0.15, 0.2) is 0 Å². The zero-order valence-electron chi connectivity index (χ0n) is 12.5. The fourth-order valence-electron chi connectivity index (χ4n) is 2.13. The molecular formula is C14H26N2O2S. The summed E-state index contributed by atoms with van der Waals surface area (Å²) in [5, 5.41) is 2.86. The molecule has 0 saturated carbocycles. The SMILES string of the molecule is CCSCCCN1CCC(=O)NC(C(C)(C)C)C1=O. The van der Waals surface area contributed by atoms with Crippen LogP contribution in [-0.4, -0.2) is 47.4 Å². The van der Waals surface area contributed by atoms with Crippen molar-refractivity contribution in [2.45, 2.75) is 46.6 Å². The van der Waals surface area contributed by atoms with Crippen LogP contribution in [0.25, 0.3) is 0 Å². The van der Waals surface area contributed by atoms with E-state index in [0.29, 0.717) is 13.0 Å². The second-order valence-corrected chi connectivity index (χ2v) is 7.39. The van der Waals surface area contributed by atoms with E-state index in [0.717, 1.165) is 24.5 Å². The normalized spacial score (nSPS) is 21.3. The van der Waals surface area contributed by atoms with Crippen LogP contribution in [0.3, 0.4) is 0 Å². The topological polar surface area (TPSA) is 49.4 Å². The molecule has 0 radical (unpaired) electrons. The zero-order valence-corrected chi connectivity index (χ0v) is 13.3. The molecule has 1 N–H and O–H groups in total. The standard InChI is InChI=1S/C14H26N2O2S/c1-5-19-10-6-8-16-9-7-11(17)15-12(13(16)18)14(2,3)4/h12H,5-10H2,1-4H3,(H,15,17). The van der Waals surface area contributed by atoms with Crippen molar-refractivity contribution in [2.75, 3.05) is 24.6 Å². The molecule has 1 aliphatic rings. The van der Waals surface area contributed by atoms with Gasteiger partial charge in [0.1, 0.15) is 6.04 Å². The third-order valence-corrected chi connectivity index (χ3v) is 4.25. The molecule has 0 aromatic heterocycles. The average Bonchev–Trinajstić information content (AvgIpc) is 2.46. The average molecular weight is 286 g/mol. The predicted octanol–water partition coefficient (Wildman–Crippen LogP) is 1.89. The lowest BCUT2D eigenvalue weighted by molar-refractivity contribution is -0.136. The fraction of sp³-hybridized carbons (Fsp3) is 0.857. The monoisotopic (exact) mass is 286 g/mol. The molecule has 0 aromatic carbocycles. The molecule has 4 nitrogen and oxygen atoms in total. The third kappa shape index (κ3) is 5.05. The van der Waals surface area contributed by atoms with Crippen molar-refractivity contribution in [1.29, 1.82) is 0 Å². The lowest BCUT2D eigenvalue weighted by atomic mass is 9.86. The largest absolute Gasteiger partial charge is 0.344 e. The molecule has 0 spiro atoms. The Kier molecular flexibility index (Phi) is 6.17. The minimum absolute atomic E-state index is 0.0151. The highest BCUT2D eigenvalue weighted by Crippen LogP contribution is 2.23. The van der Waals surface area contributed by atoms with Crippen LogP contribution in [-0.2, 0) is 9.59 Å². The number of rotatable bonds is 5. The number of thioether (sulfide) groups is 1. The Hall–Kier alpha value is -0.710. The molecule has 1 fully saturated rings. The quantitative estimate of drug-likeness (QED) is 0.785. The van der Waals surface area contributed by atoms with Gasteiger partial charge in [-0.2, -0.15) is 11.8 Å². The molecule has 1 saturated heterocycles. The molecule has 0 bridgehead atoms. The summed E-state index contributed by atoms with van der Waals surface area (Å²) < 4.78 is 0. The lowest BCUT2D eigenvalue weighted by Crippen LogP contribution is -2.52. The first-order chi connectivity index (χ1) is 8.86. The van der Waals surface area contributed by atoms with E-state index in [1.54, 1.807) is 0 Å². The van der Waals surface area contributed by atoms with E-state index in [2.05, 4.69) is 12.2 Å². The Balaban J connectivity index is 2.65. The number of amides is 2. The summed E-state index contributed by atoms with van der Waals surface area (Å²) in [6, 6.07) is -0.402. The van der Waals surface area contributed by atoms with Gasteiger partial charge in [0.05, 0.1) is 0 Å². The van der Waals surface area contributed by atoms with Crippen LogP contribution < -0.4 is 5.32 Å². The van der Waals surface area contributed by atoms with Gasteiger partial charge in [0, 0.05) is 19.5 Å². The van der Waals surface area contributed by atoms with Gasteiger partial charge in [-0.3, -0.25) is 9.59 Å². The van der Waals surface area contributed by atoms with Crippen LogP contribution in [0.4, 0.5) is 0 Å². The van der Waals surface area contributed by atoms with E-state index < -0.39 is 6.04 Å². The molecule has 1 heterocycles. The van der Waals surface area contributed by atoms with Crippen LogP contribution >= 0.6 is 11.8 Å². The van der Waals surface area contributed by atoms with Crippen molar-refractivity contribution in [3.05, 3.63) is 0 Å². The first-order valence-electron chi connectivity index (χ1n) is 7.02. The molecule has 1 rings (SSSR count). The van der Waals surface area contributed by atoms with Crippen molar-refractivity contribution in [3.8, 4) is 0 Å². The van der Waals surface area contributed by atoms with E-state index >= 15 is 0 Å². The molecule has 1 atom stereocenters. The third-order valence-electron chi connectivity index (χ3n) is 3.26. The van der Waals surface area contributed by atoms with Gasteiger partial charge in [-0.05, 0) is 23.3 Å². The van der Waals surface area contributed by atoms with Crippen molar-refractivity contribution in [2.24, 2.45) is 5.41 Å². The number of nitrogens with one attached hydrogen (secondary N) is 1. The Morgan fingerprint density at radius 1 is 1.37 bits per heavy atom. The summed E-state index contributed by atoms with van der Waals surface area (Å²) in [5.41, 5.74) is -0.243. The number of carbonyl (C=O) groups is 2. The fourth-order valence-corrected chi connectivity index (χ4v) is 2.76. The lowest BCUT2D eigenvalue weighted by Gasteiger charge is -2.32. The van der Waals surface area contributed by atoms with Gasteiger partial charge >= 0.3 is 0 Å². The summed E-state index contributed by atoms with van der Waals surface area (Å²) in [4.78, 5) is 26.1. The highest BCUT2D eigenvalue weighted by atomic mass is 32.2. The van der Waals surface area contributed by atoms with E-state index in [-0.39, 0.29) is 17.2 Å². The van der Waals surface area contributed by atoms with E-state index in [4.69, 9.17) is 0 Å². The van der Waals surface area contributed by atoms with Crippen molar-refractivity contribution in [3.63, 3.8) is 0 Å². The first kappa shape index (κ1) is 16.3. The van der Waals surface area contributed by atoms with Crippen LogP contribution in [0.2, 0.25) is 0 Å². The molecule has 5 heteroatoms. The maximum Gasteiger partial charge on any atom is 0.245 e. The molecule has 110 valence electrons. The number of hydrogen-bond donors (Lipinski definition) is 1. The molecule has 19 heavy (non-hydrogen) atoms. The molecule has 1 unspecified atom stereocenters. The van der Waals surface area contributed by atoms with Crippen LogP contribution in [0.1, 0.15) is 40.5 Å². The molecular weight excluding hydrogens is 260 g/mol. The Bertz CT molecular complexity index is 326. The van der Waals surface area contributed by atoms with Crippen molar-refractivity contribution >= 4 is 23.6 Å². The number of hydrogen-bond acceptors (Lipinski definition) is 3. The molecule has 1 aliphatic heterocycles. The van der Waals surface area contributed by atoms with Crippen LogP contribution in [0, 0.1) is 5.41 Å². The van der Waals surface area contributed by atoms with Gasteiger partial charge < -0.3 is 10.2 Å². The van der Waals surface area contributed by atoms with E-state index in [1.165, 1.54) is 0 Å². The maximum atomic E-state index is 12.5. The zero-order chi connectivity index (χ0) is 14.5. The van der Waals surface area contributed by atoms with Gasteiger partial charge in [-0.15, -0.1) is 0 Å². The van der Waals surface area contributed by atoms with Gasteiger partial charge in [-0.25, -0.2) is 0 Å². The molecule has 2 amide bonds. The van der Waals surface area contributed by atoms with Gasteiger partial charge in [0.2, 0.25) is 11.8 Å². The molecule has 0 aliphatic carbocycles. The second kappa shape index (κ2) is 7.17. The highest BCUT2D eigenvalue weighted by molar-refractivity contribution is 7.99. The first-order valence-corrected chi connectivity index (χ1v) is 8.17. The van der Waals surface area contributed by atoms with Gasteiger partial charge in [0.25, 0.3) is 0 Å². The van der Waals surface area contributed by atoms with Gasteiger partial charge in [0.15, 0.2) is 0 Å². The smallest absolute Gasteiger partial charge is 0.245 e.